The highest BCUT2D eigenvalue weighted by Crippen LogP contribution is 2.17. The zero-order valence-corrected chi connectivity index (χ0v) is 10.3. The fraction of sp³-hybridized carbons (Fsp3) is 0.0909. The Kier molecular flexibility index (Phi) is 3.05. The largest absolute Gasteiger partial charge is 0.383 e. The number of benzene rings is 1. The summed E-state index contributed by atoms with van der Waals surface area (Å²) in [5, 5.41) is 3.09. The Morgan fingerprint density at radius 1 is 1.25 bits per heavy atom. The van der Waals surface area contributed by atoms with Gasteiger partial charge in [-0.1, -0.05) is 12.1 Å². The van der Waals surface area contributed by atoms with Crippen molar-refractivity contribution in [1.29, 1.82) is 0 Å². The minimum Gasteiger partial charge on any atom is -0.383 e. The van der Waals surface area contributed by atoms with E-state index in [9.17, 15) is 0 Å². The van der Waals surface area contributed by atoms with Crippen molar-refractivity contribution >= 4 is 33.4 Å². The number of aromatic nitrogens is 2. The monoisotopic (exact) mass is 278 g/mol. The third kappa shape index (κ3) is 2.70. The van der Waals surface area contributed by atoms with E-state index in [0.717, 1.165) is 5.69 Å². The first-order valence-corrected chi connectivity index (χ1v) is 5.56. The molecule has 1 aromatic carbocycles. The SMILES string of the molecule is Cc1cccc(Nc2nc(N)cc(Br)n2)c1. The number of hydrogen-bond donors (Lipinski definition) is 2. The minimum absolute atomic E-state index is 0.428. The Bertz CT molecular complexity index is 493. The van der Waals surface area contributed by atoms with Crippen LogP contribution in [-0.4, -0.2) is 9.97 Å². The second-order valence-electron chi connectivity index (χ2n) is 3.43. The van der Waals surface area contributed by atoms with Gasteiger partial charge in [0.2, 0.25) is 5.95 Å². The summed E-state index contributed by atoms with van der Waals surface area (Å²) in [6.07, 6.45) is 0. The van der Waals surface area contributed by atoms with Gasteiger partial charge in [0.25, 0.3) is 0 Å². The first-order valence-electron chi connectivity index (χ1n) is 4.77. The van der Waals surface area contributed by atoms with Crippen molar-refractivity contribution in [2.75, 3.05) is 11.1 Å². The fourth-order valence-corrected chi connectivity index (χ4v) is 1.75. The molecule has 0 aliphatic heterocycles. The zero-order valence-electron chi connectivity index (χ0n) is 8.74. The van der Waals surface area contributed by atoms with E-state index >= 15 is 0 Å². The van der Waals surface area contributed by atoms with E-state index in [-0.39, 0.29) is 0 Å². The Balaban J connectivity index is 2.27. The Morgan fingerprint density at radius 3 is 2.75 bits per heavy atom. The van der Waals surface area contributed by atoms with Crippen molar-refractivity contribution in [2.24, 2.45) is 0 Å². The van der Waals surface area contributed by atoms with Gasteiger partial charge in [-0.25, -0.2) is 4.98 Å². The molecular formula is C11H11BrN4. The molecule has 0 aliphatic rings. The molecule has 0 saturated heterocycles. The van der Waals surface area contributed by atoms with Gasteiger partial charge in [-0.2, -0.15) is 4.98 Å². The predicted molar refractivity (Wildman–Crippen MR) is 68.6 cm³/mol. The first-order chi connectivity index (χ1) is 7.63. The summed E-state index contributed by atoms with van der Waals surface area (Å²) in [4.78, 5) is 8.26. The maximum atomic E-state index is 5.62. The van der Waals surface area contributed by atoms with Gasteiger partial charge in [0.1, 0.15) is 10.4 Å². The fourth-order valence-electron chi connectivity index (χ4n) is 1.34. The van der Waals surface area contributed by atoms with Crippen LogP contribution >= 0.6 is 15.9 Å². The number of halogens is 1. The molecule has 0 atom stereocenters. The maximum Gasteiger partial charge on any atom is 0.230 e. The van der Waals surface area contributed by atoms with Crippen LogP contribution in [0.3, 0.4) is 0 Å². The van der Waals surface area contributed by atoms with Crippen LogP contribution in [0.5, 0.6) is 0 Å². The number of hydrogen-bond acceptors (Lipinski definition) is 4. The van der Waals surface area contributed by atoms with E-state index in [0.29, 0.717) is 16.4 Å². The molecule has 5 heteroatoms. The molecule has 0 saturated carbocycles. The molecule has 16 heavy (non-hydrogen) atoms. The molecule has 2 aromatic rings. The van der Waals surface area contributed by atoms with Crippen molar-refractivity contribution in [1.82, 2.24) is 9.97 Å². The topological polar surface area (TPSA) is 63.8 Å². The van der Waals surface area contributed by atoms with Crippen molar-refractivity contribution < 1.29 is 0 Å². The van der Waals surface area contributed by atoms with Gasteiger partial charge in [0.15, 0.2) is 0 Å². The van der Waals surface area contributed by atoms with Crippen LogP contribution < -0.4 is 11.1 Å². The summed E-state index contributed by atoms with van der Waals surface area (Å²) < 4.78 is 0.662. The van der Waals surface area contributed by atoms with Crippen LogP contribution in [0.1, 0.15) is 5.56 Å². The summed E-state index contributed by atoms with van der Waals surface area (Å²) in [6, 6.07) is 9.62. The molecule has 3 N–H and O–H groups in total. The van der Waals surface area contributed by atoms with Crippen molar-refractivity contribution in [3.8, 4) is 0 Å². The number of anilines is 3. The zero-order chi connectivity index (χ0) is 11.5. The molecule has 0 aliphatic carbocycles. The van der Waals surface area contributed by atoms with Crippen LogP contribution in [0.15, 0.2) is 34.9 Å². The predicted octanol–water partition coefficient (Wildman–Crippen LogP) is 2.87. The molecule has 82 valence electrons. The lowest BCUT2D eigenvalue weighted by molar-refractivity contribution is 1.15. The summed E-state index contributed by atoms with van der Waals surface area (Å²) >= 11 is 3.27. The number of aryl methyl sites for hydroxylation is 1. The standard InChI is InChI=1S/C11H11BrN4/c1-7-3-2-4-8(5-7)14-11-15-9(12)6-10(13)16-11/h2-6H,1H3,(H3,13,14,15,16). The summed E-state index contributed by atoms with van der Waals surface area (Å²) in [5.41, 5.74) is 7.74. The molecule has 4 nitrogen and oxygen atoms in total. The van der Waals surface area contributed by atoms with Crippen LogP contribution in [0.2, 0.25) is 0 Å². The third-order valence-electron chi connectivity index (χ3n) is 1.99. The average molecular weight is 279 g/mol. The summed E-state index contributed by atoms with van der Waals surface area (Å²) in [6.45, 7) is 2.03. The number of nitrogens with one attached hydrogen (secondary N) is 1. The van der Waals surface area contributed by atoms with Gasteiger partial charge in [0, 0.05) is 11.8 Å². The normalized spacial score (nSPS) is 10.1. The smallest absolute Gasteiger partial charge is 0.230 e. The Morgan fingerprint density at radius 2 is 2.06 bits per heavy atom. The number of rotatable bonds is 2. The van der Waals surface area contributed by atoms with Gasteiger partial charge in [-0.3, -0.25) is 0 Å². The van der Waals surface area contributed by atoms with Gasteiger partial charge in [0.05, 0.1) is 0 Å². The Labute approximate surface area is 102 Å². The highest BCUT2D eigenvalue weighted by Gasteiger charge is 2.01. The van der Waals surface area contributed by atoms with Crippen LogP contribution in [-0.2, 0) is 0 Å². The van der Waals surface area contributed by atoms with E-state index in [1.807, 2.05) is 31.2 Å². The minimum atomic E-state index is 0.428. The molecule has 2 rings (SSSR count). The van der Waals surface area contributed by atoms with Gasteiger partial charge in [-0.15, -0.1) is 0 Å². The molecule has 0 spiro atoms. The van der Waals surface area contributed by atoms with E-state index in [1.54, 1.807) is 6.07 Å². The molecule has 1 aromatic heterocycles. The lowest BCUT2D eigenvalue weighted by atomic mass is 10.2. The van der Waals surface area contributed by atoms with Crippen molar-refractivity contribution in [3.05, 3.63) is 40.5 Å². The lowest BCUT2D eigenvalue weighted by Gasteiger charge is -2.06. The van der Waals surface area contributed by atoms with E-state index in [1.165, 1.54) is 5.56 Å². The lowest BCUT2D eigenvalue weighted by Crippen LogP contribution is -2.00. The van der Waals surface area contributed by atoms with E-state index in [2.05, 4.69) is 31.2 Å². The maximum absolute atomic E-state index is 5.62. The molecular weight excluding hydrogens is 268 g/mol. The van der Waals surface area contributed by atoms with Crippen LogP contribution in [0, 0.1) is 6.92 Å². The Hall–Kier alpha value is -1.62. The van der Waals surface area contributed by atoms with Crippen molar-refractivity contribution in [3.63, 3.8) is 0 Å². The molecule has 0 unspecified atom stereocenters. The second-order valence-corrected chi connectivity index (χ2v) is 4.25. The van der Waals surface area contributed by atoms with Gasteiger partial charge < -0.3 is 11.1 Å². The molecule has 0 radical (unpaired) electrons. The molecule has 0 bridgehead atoms. The third-order valence-corrected chi connectivity index (χ3v) is 2.40. The quantitative estimate of drug-likeness (QED) is 0.830. The van der Waals surface area contributed by atoms with Crippen LogP contribution in [0.4, 0.5) is 17.5 Å². The first kappa shape index (κ1) is 10.9. The highest BCUT2D eigenvalue weighted by atomic mass is 79.9. The number of nitrogen functional groups attached to an aromatic ring is 1. The summed E-state index contributed by atoms with van der Waals surface area (Å²) in [5.74, 6) is 0.912. The van der Waals surface area contributed by atoms with Crippen LogP contribution in [0.25, 0.3) is 0 Å². The van der Waals surface area contributed by atoms with Gasteiger partial charge in [-0.05, 0) is 40.5 Å². The van der Waals surface area contributed by atoms with Crippen molar-refractivity contribution in [2.45, 2.75) is 6.92 Å². The second kappa shape index (κ2) is 4.49. The van der Waals surface area contributed by atoms with E-state index < -0.39 is 0 Å². The summed E-state index contributed by atoms with van der Waals surface area (Å²) in [7, 11) is 0. The van der Waals surface area contributed by atoms with E-state index in [4.69, 9.17) is 5.73 Å². The molecule has 0 fully saturated rings. The van der Waals surface area contributed by atoms with Gasteiger partial charge >= 0.3 is 0 Å². The molecule has 0 amide bonds. The number of nitrogens with two attached hydrogens (primary N) is 1. The number of nitrogens with zero attached hydrogens (tertiary/aromatic N) is 2. The molecule has 1 heterocycles. The highest BCUT2D eigenvalue weighted by molar-refractivity contribution is 9.10. The average Bonchev–Trinajstić information content (AvgIpc) is 2.15.